The number of methoxy groups -OCH3 is 1. The molecular formula is C27H33ClFN5O5. The zero-order valence-electron chi connectivity index (χ0n) is 22.6. The van der Waals surface area contributed by atoms with E-state index in [1.807, 2.05) is 13.8 Å². The Labute approximate surface area is 231 Å². The van der Waals surface area contributed by atoms with Crippen molar-refractivity contribution in [2.24, 2.45) is 5.92 Å². The van der Waals surface area contributed by atoms with Gasteiger partial charge in [-0.05, 0) is 58.0 Å². The van der Waals surface area contributed by atoms with Crippen molar-refractivity contribution in [3.63, 3.8) is 0 Å². The highest BCUT2D eigenvalue weighted by molar-refractivity contribution is 6.33. The number of aliphatic hydroxyl groups excluding tert-OH is 1. The molecule has 3 aromatic rings. The van der Waals surface area contributed by atoms with Gasteiger partial charge in [-0.2, -0.15) is 0 Å². The first kappa shape index (κ1) is 28.7. The van der Waals surface area contributed by atoms with Crippen LogP contribution in [0, 0.1) is 26.7 Å². The molecule has 3 atom stereocenters. The third kappa shape index (κ3) is 6.32. The first-order valence-electron chi connectivity index (χ1n) is 12.7. The van der Waals surface area contributed by atoms with Crippen LogP contribution in [0.3, 0.4) is 0 Å². The second-order valence-corrected chi connectivity index (χ2v) is 10.1. The number of nitrogens with one attached hydrogen (secondary N) is 1. The highest BCUT2D eigenvalue weighted by atomic mass is 35.5. The van der Waals surface area contributed by atoms with Crippen LogP contribution in [-0.2, 0) is 11.2 Å². The summed E-state index contributed by atoms with van der Waals surface area (Å²) in [7, 11) is 3.03. The van der Waals surface area contributed by atoms with Crippen molar-refractivity contribution in [3.05, 3.63) is 45.9 Å². The molecule has 1 amide bonds. The lowest BCUT2D eigenvalue weighted by Crippen LogP contribution is -2.29. The van der Waals surface area contributed by atoms with E-state index in [2.05, 4.69) is 10.5 Å². The van der Waals surface area contributed by atoms with Crippen LogP contribution in [0.25, 0.3) is 22.6 Å². The van der Waals surface area contributed by atoms with Gasteiger partial charge in [-0.1, -0.05) is 16.8 Å². The Morgan fingerprint density at radius 3 is 2.74 bits per heavy atom. The van der Waals surface area contributed by atoms with E-state index in [0.29, 0.717) is 51.5 Å². The highest BCUT2D eigenvalue weighted by Gasteiger charge is 2.37. The summed E-state index contributed by atoms with van der Waals surface area (Å²) < 4.78 is 31.0. The van der Waals surface area contributed by atoms with Crippen molar-refractivity contribution in [2.45, 2.75) is 39.5 Å². The third-order valence-corrected chi connectivity index (χ3v) is 7.16. The minimum absolute atomic E-state index is 0.0321. The number of amides is 1. The molecule has 0 saturated carbocycles. The maximum Gasteiger partial charge on any atom is 0.409 e. The second kappa shape index (κ2) is 12.3. The van der Waals surface area contributed by atoms with E-state index in [9.17, 15) is 9.90 Å². The summed E-state index contributed by atoms with van der Waals surface area (Å²) in [4.78, 5) is 23.0. The normalized spacial score (nSPS) is 17.9. The zero-order valence-corrected chi connectivity index (χ0v) is 23.4. The van der Waals surface area contributed by atoms with Crippen LogP contribution >= 0.6 is 11.6 Å². The number of alkyl halides is 1. The predicted molar refractivity (Wildman–Crippen MR) is 144 cm³/mol. The van der Waals surface area contributed by atoms with E-state index in [0.717, 1.165) is 11.1 Å². The van der Waals surface area contributed by atoms with Crippen LogP contribution in [-0.4, -0.2) is 83.9 Å². The van der Waals surface area contributed by atoms with Gasteiger partial charge in [0.2, 0.25) is 0 Å². The summed E-state index contributed by atoms with van der Waals surface area (Å²) >= 11 is 6.59. The van der Waals surface area contributed by atoms with Gasteiger partial charge in [0.25, 0.3) is 0 Å². The van der Waals surface area contributed by atoms with Gasteiger partial charge in [-0.3, -0.25) is 0 Å². The number of carbonyl (C=O) groups is 1. The first-order chi connectivity index (χ1) is 18.6. The van der Waals surface area contributed by atoms with Gasteiger partial charge in [0, 0.05) is 30.3 Å². The summed E-state index contributed by atoms with van der Waals surface area (Å²) in [5, 5.41) is 17.4. The molecule has 0 radical (unpaired) electrons. The SMILES string of the molecule is CNC[C@@H](O)COc1ccc(Cl)c(-c2nc(C[C@H]3CN(C(=O)OC)C[C@@H]3F)c(C)c(-c3c(C)noc3C)n2)c1. The van der Waals surface area contributed by atoms with Crippen molar-refractivity contribution in [2.75, 3.05) is 40.4 Å². The van der Waals surface area contributed by atoms with Gasteiger partial charge in [0.1, 0.15) is 30.4 Å². The number of carbonyl (C=O) groups excluding carboxylic acids is 1. The number of hydrogen-bond acceptors (Lipinski definition) is 9. The molecule has 39 heavy (non-hydrogen) atoms. The summed E-state index contributed by atoms with van der Waals surface area (Å²) in [6.07, 6.45) is -2.20. The molecule has 12 heteroatoms. The smallest absolute Gasteiger partial charge is 0.409 e. The fourth-order valence-electron chi connectivity index (χ4n) is 4.75. The highest BCUT2D eigenvalue weighted by Crippen LogP contribution is 2.36. The number of aryl methyl sites for hydroxylation is 2. The van der Waals surface area contributed by atoms with Crippen LogP contribution in [0.15, 0.2) is 22.7 Å². The average molecular weight is 562 g/mol. The Balaban J connectivity index is 1.75. The molecule has 1 fully saturated rings. The molecular weight excluding hydrogens is 529 g/mol. The fourth-order valence-corrected chi connectivity index (χ4v) is 4.95. The maximum atomic E-state index is 15.0. The fraction of sp³-hybridized carbons (Fsp3) is 0.481. The lowest BCUT2D eigenvalue weighted by Gasteiger charge is -2.18. The Morgan fingerprint density at radius 1 is 1.31 bits per heavy atom. The lowest BCUT2D eigenvalue weighted by atomic mass is 9.95. The van der Waals surface area contributed by atoms with Gasteiger partial charge in [0.05, 0.1) is 35.6 Å². The molecule has 0 unspecified atom stereocenters. The van der Waals surface area contributed by atoms with E-state index in [1.165, 1.54) is 12.0 Å². The number of halogens is 2. The largest absolute Gasteiger partial charge is 0.491 e. The number of nitrogens with zero attached hydrogens (tertiary/aromatic N) is 4. The number of hydrogen-bond donors (Lipinski definition) is 2. The zero-order chi connectivity index (χ0) is 28.3. The number of aromatic nitrogens is 3. The Kier molecular flexibility index (Phi) is 9.04. The summed E-state index contributed by atoms with van der Waals surface area (Å²) in [6, 6.07) is 5.10. The quantitative estimate of drug-likeness (QED) is 0.400. The standard InChI is InChI=1S/C27H33ClFN5O5/c1-14-23(8-17-11-34(12-22(17)29)27(36)37-5)31-26(32-25(14)24-15(2)33-39-16(24)3)20-9-19(6-7-21(20)28)38-13-18(35)10-30-4/h6-7,9,17-18,22,30,35H,8,10-13H2,1-5H3/t17-,18+,22-/m0/s1. The van der Waals surface area contributed by atoms with Crippen molar-refractivity contribution < 1.29 is 28.3 Å². The second-order valence-electron chi connectivity index (χ2n) is 9.69. The molecule has 3 heterocycles. The minimum Gasteiger partial charge on any atom is -0.491 e. The molecule has 2 aromatic heterocycles. The first-order valence-corrected chi connectivity index (χ1v) is 13.0. The number of likely N-dealkylation sites (N-methyl/N-ethyl adjacent to an activating group) is 1. The van der Waals surface area contributed by atoms with Gasteiger partial charge in [-0.25, -0.2) is 19.2 Å². The van der Waals surface area contributed by atoms with E-state index in [4.69, 9.17) is 35.6 Å². The van der Waals surface area contributed by atoms with Crippen LogP contribution in [0.1, 0.15) is 22.7 Å². The van der Waals surface area contributed by atoms with E-state index >= 15 is 4.39 Å². The number of benzene rings is 1. The number of aliphatic hydroxyl groups is 1. The Morgan fingerprint density at radius 2 is 2.08 bits per heavy atom. The van der Waals surface area contributed by atoms with Crippen molar-refractivity contribution in [1.82, 2.24) is 25.3 Å². The van der Waals surface area contributed by atoms with Crippen LogP contribution < -0.4 is 10.1 Å². The van der Waals surface area contributed by atoms with Gasteiger partial charge in [-0.15, -0.1) is 0 Å². The number of likely N-dealkylation sites (tertiary alicyclic amines) is 1. The monoisotopic (exact) mass is 561 g/mol. The third-order valence-electron chi connectivity index (χ3n) is 6.83. The summed E-state index contributed by atoms with van der Waals surface area (Å²) in [5.74, 6) is 0.938. The van der Waals surface area contributed by atoms with Crippen LogP contribution in [0.5, 0.6) is 5.75 Å². The van der Waals surface area contributed by atoms with Gasteiger partial charge < -0.3 is 29.3 Å². The molecule has 210 valence electrons. The van der Waals surface area contributed by atoms with Crippen LogP contribution in [0.4, 0.5) is 9.18 Å². The molecule has 10 nitrogen and oxygen atoms in total. The topological polar surface area (TPSA) is 123 Å². The summed E-state index contributed by atoms with van der Waals surface area (Å²) in [6.45, 7) is 6.16. The molecule has 4 rings (SSSR count). The number of ether oxygens (including phenoxy) is 2. The van der Waals surface area contributed by atoms with Crippen LogP contribution in [0.2, 0.25) is 5.02 Å². The minimum atomic E-state index is -1.23. The molecule has 0 spiro atoms. The predicted octanol–water partition coefficient (Wildman–Crippen LogP) is 3.92. The van der Waals surface area contributed by atoms with E-state index < -0.39 is 24.3 Å². The van der Waals surface area contributed by atoms with Crippen molar-refractivity contribution in [1.29, 1.82) is 0 Å². The molecule has 1 aliphatic heterocycles. The molecule has 1 aromatic carbocycles. The molecule has 0 aliphatic carbocycles. The van der Waals surface area contributed by atoms with E-state index in [-0.39, 0.29) is 26.1 Å². The Bertz CT molecular complexity index is 1320. The molecule has 1 aliphatic rings. The van der Waals surface area contributed by atoms with E-state index in [1.54, 1.807) is 32.2 Å². The molecule has 1 saturated heterocycles. The van der Waals surface area contributed by atoms with Crippen molar-refractivity contribution >= 4 is 17.7 Å². The van der Waals surface area contributed by atoms with Gasteiger partial charge >= 0.3 is 6.09 Å². The van der Waals surface area contributed by atoms with Crippen molar-refractivity contribution in [3.8, 4) is 28.4 Å². The summed E-state index contributed by atoms with van der Waals surface area (Å²) in [5.41, 5.74) is 3.91. The van der Waals surface area contributed by atoms with Gasteiger partial charge in [0.15, 0.2) is 5.82 Å². The molecule has 0 bridgehead atoms. The average Bonchev–Trinajstić information content (AvgIpc) is 3.45. The molecule has 2 N–H and O–H groups in total. The number of rotatable bonds is 9. The Hall–Kier alpha value is -3.28. The maximum absolute atomic E-state index is 15.0. The lowest BCUT2D eigenvalue weighted by molar-refractivity contribution is 0.108.